The molecule has 0 spiro atoms. The summed E-state index contributed by atoms with van der Waals surface area (Å²) in [5.74, 6) is -1.91. The Kier molecular flexibility index (Phi) is 25.4. The van der Waals surface area contributed by atoms with Crippen LogP contribution in [0.4, 0.5) is 0 Å². The Labute approximate surface area is 194 Å². The van der Waals surface area contributed by atoms with Crippen LogP contribution in [-0.4, -0.2) is 34.7 Å². The molecule has 3 N–H and O–H groups in total. The molecule has 1 radical (unpaired) electrons. The minimum absolute atomic E-state index is 0. The Balaban J connectivity index is 0. The first-order chi connectivity index (χ1) is 13.6. The van der Waals surface area contributed by atoms with E-state index in [1.54, 1.807) is 0 Å². The molecule has 29 heavy (non-hydrogen) atoms. The van der Waals surface area contributed by atoms with Crippen molar-refractivity contribution in [3.05, 3.63) is 0 Å². The van der Waals surface area contributed by atoms with E-state index < -0.39 is 18.0 Å². The standard InChI is InChI=1S/C23H45NO4.Ag/c1-2-3-4-5-6-7-8-9-10-11-12-13-14-15-16-17-20-24-21(23(27)28)18-19-22(25)26;/h21,24H,2-20H2,1H3,(H,25,26)(H,27,28);. The van der Waals surface area contributed by atoms with Crippen molar-refractivity contribution in [3.8, 4) is 0 Å². The molecule has 5 nitrogen and oxygen atoms in total. The Hall–Kier alpha value is -0.360. The van der Waals surface area contributed by atoms with Gasteiger partial charge in [0.25, 0.3) is 0 Å². The quantitative estimate of drug-likeness (QED) is 0.121. The molecule has 1 atom stereocenters. The number of rotatable bonds is 22. The summed E-state index contributed by atoms with van der Waals surface area (Å²) in [5, 5.41) is 20.7. The molecule has 0 aliphatic rings. The van der Waals surface area contributed by atoms with Crippen LogP contribution < -0.4 is 5.32 Å². The summed E-state index contributed by atoms with van der Waals surface area (Å²) in [4.78, 5) is 21.6. The van der Waals surface area contributed by atoms with E-state index in [0.29, 0.717) is 6.54 Å². The van der Waals surface area contributed by atoms with Crippen LogP contribution in [0.15, 0.2) is 0 Å². The van der Waals surface area contributed by atoms with Crippen molar-refractivity contribution in [3.63, 3.8) is 0 Å². The first-order valence-corrected chi connectivity index (χ1v) is 11.8. The Morgan fingerprint density at radius 2 is 1.07 bits per heavy atom. The molecular formula is C23H45AgNO4. The normalized spacial score (nSPS) is 11.8. The molecule has 0 aliphatic carbocycles. The third kappa shape index (κ3) is 23.8. The molecule has 177 valence electrons. The zero-order chi connectivity index (χ0) is 20.9. The van der Waals surface area contributed by atoms with Crippen LogP contribution in [0.1, 0.15) is 122 Å². The number of unbranched alkanes of at least 4 members (excludes halogenated alkanes) is 15. The summed E-state index contributed by atoms with van der Waals surface area (Å²) < 4.78 is 0. The largest absolute Gasteiger partial charge is 0.481 e. The second kappa shape index (κ2) is 23.9. The minimum Gasteiger partial charge on any atom is -0.481 e. The van der Waals surface area contributed by atoms with E-state index in [0.717, 1.165) is 12.8 Å². The van der Waals surface area contributed by atoms with Gasteiger partial charge in [-0.25, -0.2) is 0 Å². The van der Waals surface area contributed by atoms with Crippen molar-refractivity contribution in [2.24, 2.45) is 0 Å². The number of hydrogen-bond acceptors (Lipinski definition) is 3. The molecule has 0 aromatic rings. The second-order valence-electron chi connectivity index (χ2n) is 8.08. The molecule has 0 fully saturated rings. The predicted octanol–water partition coefficient (Wildman–Crippen LogP) is 6.15. The van der Waals surface area contributed by atoms with Gasteiger partial charge in [0.15, 0.2) is 0 Å². The topological polar surface area (TPSA) is 86.6 Å². The zero-order valence-corrected chi connectivity index (χ0v) is 20.0. The Bertz CT molecular complexity index is 380. The first-order valence-electron chi connectivity index (χ1n) is 11.8. The van der Waals surface area contributed by atoms with Gasteiger partial charge in [-0.1, -0.05) is 103 Å². The van der Waals surface area contributed by atoms with Gasteiger partial charge in [0.1, 0.15) is 6.04 Å². The van der Waals surface area contributed by atoms with Crippen LogP contribution in [0.25, 0.3) is 0 Å². The van der Waals surface area contributed by atoms with Gasteiger partial charge in [0.2, 0.25) is 0 Å². The molecule has 0 amide bonds. The van der Waals surface area contributed by atoms with E-state index >= 15 is 0 Å². The van der Waals surface area contributed by atoms with Gasteiger partial charge in [-0.05, 0) is 19.4 Å². The number of aliphatic carboxylic acids is 2. The van der Waals surface area contributed by atoms with Crippen LogP contribution in [0.3, 0.4) is 0 Å². The maximum Gasteiger partial charge on any atom is 0.320 e. The van der Waals surface area contributed by atoms with Crippen molar-refractivity contribution < 1.29 is 42.2 Å². The third-order valence-electron chi connectivity index (χ3n) is 5.37. The van der Waals surface area contributed by atoms with E-state index in [-0.39, 0.29) is 35.2 Å². The zero-order valence-electron chi connectivity index (χ0n) is 18.5. The third-order valence-corrected chi connectivity index (χ3v) is 5.37. The monoisotopic (exact) mass is 506 g/mol. The van der Waals surface area contributed by atoms with Gasteiger partial charge in [-0.15, -0.1) is 0 Å². The van der Waals surface area contributed by atoms with Gasteiger partial charge in [-0.3, -0.25) is 9.59 Å². The number of hydrogen-bond donors (Lipinski definition) is 3. The van der Waals surface area contributed by atoms with E-state index in [4.69, 9.17) is 10.2 Å². The van der Waals surface area contributed by atoms with Crippen LogP contribution in [-0.2, 0) is 32.0 Å². The van der Waals surface area contributed by atoms with Gasteiger partial charge in [0, 0.05) is 28.8 Å². The Morgan fingerprint density at radius 3 is 1.41 bits per heavy atom. The summed E-state index contributed by atoms with van der Waals surface area (Å²) >= 11 is 0. The average molecular weight is 507 g/mol. The fourth-order valence-electron chi connectivity index (χ4n) is 3.53. The van der Waals surface area contributed by atoms with E-state index in [2.05, 4.69) is 12.2 Å². The van der Waals surface area contributed by atoms with E-state index in [9.17, 15) is 9.59 Å². The number of carboxylic acids is 2. The fourth-order valence-corrected chi connectivity index (χ4v) is 3.53. The maximum absolute atomic E-state index is 11.1. The van der Waals surface area contributed by atoms with Gasteiger partial charge in [-0.2, -0.15) is 0 Å². The molecule has 0 aromatic heterocycles. The molecule has 0 heterocycles. The molecule has 0 aromatic carbocycles. The van der Waals surface area contributed by atoms with Crippen molar-refractivity contribution in [1.29, 1.82) is 0 Å². The van der Waals surface area contributed by atoms with Crippen molar-refractivity contribution in [2.45, 2.75) is 129 Å². The molecule has 0 saturated carbocycles. The van der Waals surface area contributed by atoms with E-state index in [1.165, 1.54) is 89.9 Å². The van der Waals surface area contributed by atoms with Crippen LogP contribution in [0, 0.1) is 0 Å². The molecule has 0 rings (SSSR count). The number of nitrogens with one attached hydrogen (secondary N) is 1. The van der Waals surface area contributed by atoms with E-state index in [1.807, 2.05) is 0 Å². The first kappa shape index (κ1) is 30.8. The SMILES string of the molecule is CCCCCCCCCCCCCCCCCCNC(CCC(=O)O)C(=O)O.[Ag]. The number of carbonyl (C=O) groups is 2. The van der Waals surface area contributed by atoms with Crippen LogP contribution in [0.2, 0.25) is 0 Å². The fraction of sp³-hybridized carbons (Fsp3) is 0.913. The van der Waals surface area contributed by atoms with Gasteiger partial charge < -0.3 is 15.5 Å². The molecule has 0 bridgehead atoms. The molecule has 1 unspecified atom stereocenters. The second-order valence-corrected chi connectivity index (χ2v) is 8.08. The summed E-state index contributed by atoms with van der Waals surface area (Å²) in [6.45, 7) is 2.91. The Morgan fingerprint density at radius 1 is 0.690 bits per heavy atom. The summed E-state index contributed by atoms with van der Waals surface area (Å²) in [6, 6.07) is -0.743. The van der Waals surface area contributed by atoms with Crippen molar-refractivity contribution >= 4 is 11.9 Å². The smallest absolute Gasteiger partial charge is 0.320 e. The maximum atomic E-state index is 11.1. The summed E-state index contributed by atoms with van der Waals surface area (Å²) in [6.07, 6.45) is 21.1. The molecule has 0 aliphatic heterocycles. The average Bonchev–Trinajstić information content (AvgIpc) is 2.66. The van der Waals surface area contributed by atoms with Crippen LogP contribution in [0.5, 0.6) is 0 Å². The van der Waals surface area contributed by atoms with Gasteiger partial charge >= 0.3 is 11.9 Å². The predicted molar refractivity (Wildman–Crippen MR) is 116 cm³/mol. The van der Waals surface area contributed by atoms with Crippen molar-refractivity contribution in [1.82, 2.24) is 5.32 Å². The summed E-state index contributed by atoms with van der Waals surface area (Å²) in [5.41, 5.74) is 0. The molecule has 0 saturated heterocycles. The van der Waals surface area contributed by atoms with Crippen LogP contribution >= 0.6 is 0 Å². The molecule has 6 heteroatoms. The number of carboxylic acid groups (broad SMARTS) is 2. The van der Waals surface area contributed by atoms with Gasteiger partial charge in [0.05, 0.1) is 0 Å². The van der Waals surface area contributed by atoms with Crippen molar-refractivity contribution in [2.75, 3.05) is 6.54 Å². The summed E-state index contributed by atoms with van der Waals surface area (Å²) in [7, 11) is 0. The minimum atomic E-state index is -0.960. The molecular weight excluding hydrogens is 462 g/mol.